The molecule has 11 nitrogen and oxygen atoms in total. The van der Waals surface area contributed by atoms with Crippen LogP contribution in [0.3, 0.4) is 0 Å². The SMILES string of the molecule is C1CCOC1.CCCn1cc2c(C3C(=O)Cc4ccc(F)cc43)ncnc2n1.CCCn1cc2c(Cl)ncnc2n1.O=C1Cc2ccc(F)cc2C1. The molecular formula is C38H39ClF2N8O3. The van der Waals surface area contributed by atoms with E-state index in [2.05, 4.69) is 44.0 Å². The van der Waals surface area contributed by atoms with E-state index in [-0.39, 0.29) is 23.2 Å². The number of hydrogen-bond donors (Lipinski definition) is 0. The van der Waals surface area contributed by atoms with E-state index in [9.17, 15) is 18.4 Å². The first-order chi connectivity index (χ1) is 25.2. The van der Waals surface area contributed by atoms with Gasteiger partial charge in [0.05, 0.1) is 22.4 Å². The number of aryl methyl sites for hydroxylation is 2. The average molecular weight is 729 g/mol. The molecule has 0 radical (unpaired) electrons. The van der Waals surface area contributed by atoms with Gasteiger partial charge in [-0.3, -0.25) is 19.0 Å². The second kappa shape index (κ2) is 17.0. The van der Waals surface area contributed by atoms with E-state index in [1.54, 1.807) is 12.1 Å². The minimum absolute atomic E-state index is 0.0360. The third-order valence-electron chi connectivity index (χ3n) is 8.77. The zero-order chi connectivity index (χ0) is 36.6. The summed E-state index contributed by atoms with van der Waals surface area (Å²) < 4.78 is 34.8. The predicted octanol–water partition coefficient (Wildman–Crippen LogP) is 6.81. The largest absolute Gasteiger partial charge is 0.381 e. The maximum Gasteiger partial charge on any atom is 0.185 e. The molecule has 6 aromatic rings. The summed E-state index contributed by atoms with van der Waals surface area (Å²) in [4.78, 5) is 39.8. The summed E-state index contributed by atoms with van der Waals surface area (Å²) in [5.74, 6) is -0.904. The first-order valence-electron chi connectivity index (χ1n) is 17.4. The molecule has 0 N–H and O–H groups in total. The van der Waals surface area contributed by atoms with Gasteiger partial charge in [0.25, 0.3) is 0 Å². The molecule has 5 heterocycles. The Morgan fingerprint density at radius 1 is 0.750 bits per heavy atom. The minimum Gasteiger partial charge on any atom is -0.381 e. The van der Waals surface area contributed by atoms with E-state index in [0.29, 0.717) is 47.0 Å². The quantitative estimate of drug-likeness (QED) is 0.176. The summed E-state index contributed by atoms with van der Waals surface area (Å²) in [5, 5.41) is 10.7. The Labute approximate surface area is 304 Å². The molecule has 0 spiro atoms. The van der Waals surface area contributed by atoms with E-state index in [0.717, 1.165) is 66.6 Å². The van der Waals surface area contributed by atoms with Gasteiger partial charge in [-0.15, -0.1) is 0 Å². The van der Waals surface area contributed by atoms with Gasteiger partial charge in [0.2, 0.25) is 0 Å². The first kappa shape index (κ1) is 36.8. The summed E-state index contributed by atoms with van der Waals surface area (Å²) in [6, 6.07) is 9.05. The lowest BCUT2D eigenvalue weighted by Gasteiger charge is -2.10. The highest BCUT2D eigenvalue weighted by Gasteiger charge is 2.35. The molecule has 9 rings (SSSR count). The summed E-state index contributed by atoms with van der Waals surface area (Å²) in [6.07, 6.45) is 12.4. The van der Waals surface area contributed by atoms with Crippen molar-refractivity contribution in [2.24, 2.45) is 0 Å². The van der Waals surface area contributed by atoms with Gasteiger partial charge in [0.15, 0.2) is 17.1 Å². The topological polar surface area (TPSA) is 131 Å². The molecule has 52 heavy (non-hydrogen) atoms. The molecule has 1 saturated heterocycles. The molecule has 3 aliphatic rings. The van der Waals surface area contributed by atoms with E-state index in [4.69, 9.17) is 16.3 Å². The van der Waals surface area contributed by atoms with Crippen LogP contribution in [0.25, 0.3) is 22.1 Å². The van der Waals surface area contributed by atoms with Crippen molar-refractivity contribution in [3.8, 4) is 0 Å². The molecule has 0 amide bonds. The fraction of sp³-hybridized carbons (Fsp3) is 0.368. The average Bonchev–Trinajstić information content (AvgIpc) is 3.96. The van der Waals surface area contributed by atoms with E-state index in [1.807, 2.05) is 21.8 Å². The lowest BCUT2D eigenvalue weighted by atomic mass is 9.95. The van der Waals surface area contributed by atoms with Gasteiger partial charge in [-0.25, -0.2) is 28.7 Å². The van der Waals surface area contributed by atoms with Crippen LogP contribution in [0.5, 0.6) is 0 Å². The van der Waals surface area contributed by atoms with Crippen molar-refractivity contribution in [3.05, 3.63) is 106 Å². The van der Waals surface area contributed by atoms with Gasteiger partial charge in [-0.05, 0) is 72.2 Å². The monoisotopic (exact) mass is 728 g/mol. The number of fused-ring (bicyclic) bond motifs is 4. The minimum atomic E-state index is -0.537. The maximum absolute atomic E-state index is 13.6. The Balaban J connectivity index is 0.000000135. The molecule has 0 bridgehead atoms. The summed E-state index contributed by atoms with van der Waals surface area (Å²) in [6.45, 7) is 7.82. The van der Waals surface area contributed by atoms with Crippen LogP contribution in [0.2, 0.25) is 5.15 Å². The van der Waals surface area contributed by atoms with Gasteiger partial charge in [-0.1, -0.05) is 37.6 Å². The fourth-order valence-electron chi connectivity index (χ4n) is 6.36. The smallest absolute Gasteiger partial charge is 0.185 e. The second-order valence-corrected chi connectivity index (χ2v) is 13.1. The predicted molar refractivity (Wildman–Crippen MR) is 192 cm³/mol. The molecule has 0 saturated carbocycles. The van der Waals surface area contributed by atoms with Gasteiger partial charge >= 0.3 is 0 Å². The molecule has 2 aromatic carbocycles. The molecule has 4 aromatic heterocycles. The third kappa shape index (κ3) is 8.71. The molecule has 1 unspecified atom stereocenters. The van der Waals surface area contributed by atoms with Crippen molar-refractivity contribution in [1.29, 1.82) is 0 Å². The van der Waals surface area contributed by atoms with Gasteiger partial charge in [0, 0.05) is 58.0 Å². The number of carbonyl (C=O) groups excluding carboxylic acids is 2. The number of aromatic nitrogens is 8. The number of nitrogens with zero attached hydrogens (tertiary/aromatic N) is 8. The fourth-order valence-corrected chi connectivity index (χ4v) is 6.54. The number of hydrogen-bond acceptors (Lipinski definition) is 9. The normalized spacial score (nSPS) is 15.8. The number of benzene rings is 2. The highest BCUT2D eigenvalue weighted by Crippen LogP contribution is 2.37. The number of ether oxygens (including phenoxy) is 1. The van der Waals surface area contributed by atoms with Gasteiger partial charge in [0.1, 0.15) is 35.2 Å². The van der Waals surface area contributed by atoms with Crippen LogP contribution in [0.4, 0.5) is 8.78 Å². The van der Waals surface area contributed by atoms with Crippen molar-refractivity contribution in [3.63, 3.8) is 0 Å². The van der Waals surface area contributed by atoms with Crippen LogP contribution in [0, 0.1) is 11.6 Å². The second-order valence-electron chi connectivity index (χ2n) is 12.7. The lowest BCUT2D eigenvalue weighted by molar-refractivity contribution is -0.118. The van der Waals surface area contributed by atoms with E-state index < -0.39 is 5.92 Å². The standard InChI is InChI=1S/C17H15FN4O.C9H7FO.C8H9ClN4.C4H8O/c1-2-5-22-8-13-16(19-9-20-17(13)21-22)15-12-7-11(18)4-3-10(12)6-14(15)23;10-8-2-1-6-4-9(11)5-7(6)3-8;1-2-3-13-4-6-7(9)10-5-11-8(6)12-13;1-2-4-5-3-1/h3-4,7-9,15H,2,5-6H2,1H3;1-3H,4-5H2;4-5H,2-3H2,1H3;1-4H2. The number of halogens is 3. The number of carbonyl (C=O) groups is 2. The zero-order valence-electron chi connectivity index (χ0n) is 29.1. The Morgan fingerprint density at radius 3 is 1.98 bits per heavy atom. The van der Waals surface area contributed by atoms with E-state index in [1.165, 1.54) is 49.8 Å². The number of rotatable bonds is 5. The molecule has 2 aliphatic carbocycles. The molecule has 1 aliphatic heterocycles. The molecule has 1 atom stereocenters. The maximum atomic E-state index is 13.6. The van der Waals surface area contributed by atoms with Crippen LogP contribution in [-0.4, -0.2) is 64.3 Å². The van der Waals surface area contributed by atoms with E-state index >= 15 is 0 Å². The Hall–Kier alpha value is -5.01. The molecule has 1 fully saturated rings. The highest BCUT2D eigenvalue weighted by molar-refractivity contribution is 6.33. The van der Waals surface area contributed by atoms with Crippen LogP contribution in [0.1, 0.15) is 73.4 Å². The number of Topliss-reactive ketones (excluding diaryl/α,β-unsaturated/α-hetero) is 2. The van der Waals surface area contributed by atoms with Gasteiger partial charge < -0.3 is 4.74 Å². The summed E-state index contributed by atoms with van der Waals surface area (Å²) in [7, 11) is 0. The molecule has 14 heteroatoms. The van der Waals surface area contributed by atoms with Crippen molar-refractivity contribution in [1.82, 2.24) is 39.5 Å². The van der Waals surface area contributed by atoms with Gasteiger partial charge in [-0.2, -0.15) is 10.2 Å². The summed E-state index contributed by atoms with van der Waals surface area (Å²) >= 11 is 5.87. The van der Waals surface area contributed by atoms with Crippen molar-refractivity contribution < 1.29 is 23.1 Å². The van der Waals surface area contributed by atoms with Crippen LogP contribution < -0.4 is 0 Å². The van der Waals surface area contributed by atoms with Crippen molar-refractivity contribution in [2.45, 2.75) is 77.8 Å². The molecular weight excluding hydrogens is 690 g/mol. The number of ketones is 2. The van der Waals surface area contributed by atoms with Crippen LogP contribution in [0.15, 0.2) is 61.4 Å². The highest BCUT2D eigenvalue weighted by atomic mass is 35.5. The van der Waals surface area contributed by atoms with Crippen LogP contribution in [-0.2, 0) is 46.7 Å². The lowest BCUT2D eigenvalue weighted by Crippen LogP contribution is -2.10. The zero-order valence-corrected chi connectivity index (χ0v) is 29.8. The van der Waals surface area contributed by atoms with Crippen LogP contribution >= 0.6 is 11.6 Å². The Bertz CT molecular complexity index is 2190. The van der Waals surface area contributed by atoms with Crippen molar-refractivity contribution >= 4 is 45.2 Å². The Morgan fingerprint density at radius 2 is 1.35 bits per heavy atom. The third-order valence-corrected chi connectivity index (χ3v) is 9.07. The first-order valence-corrected chi connectivity index (χ1v) is 17.8. The summed E-state index contributed by atoms with van der Waals surface area (Å²) in [5.41, 5.74) is 5.26. The molecule has 270 valence electrons. The Kier molecular flexibility index (Phi) is 12.0. The van der Waals surface area contributed by atoms with Crippen molar-refractivity contribution in [2.75, 3.05) is 13.2 Å².